The van der Waals surface area contributed by atoms with Gasteiger partial charge in [0.25, 0.3) is 0 Å². The van der Waals surface area contributed by atoms with Gasteiger partial charge in [-0.3, -0.25) is 4.79 Å². The van der Waals surface area contributed by atoms with Crippen molar-refractivity contribution in [2.75, 3.05) is 0 Å². The normalized spacial score (nSPS) is 47.4. The third-order valence-corrected chi connectivity index (χ3v) is 6.39. The quantitative estimate of drug-likeness (QED) is 0.637. The highest BCUT2D eigenvalue weighted by Crippen LogP contribution is 2.59. The van der Waals surface area contributed by atoms with Gasteiger partial charge in [-0.25, -0.2) is 0 Å². The zero-order valence-electron chi connectivity index (χ0n) is 11.6. The van der Waals surface area contributed by atoms with Crippen LogP contribution in [0, 0.1) is 29.1 Å². The summed E-state index contributed by atoms with van der Waals surface area (Å²) < 4.78 is 0. The van der Waals surface area contributed by atoms with E-state index >= 15 is 0 Å². The SMILES string of the molecule is C[C@]12CC[C@H]3[C@@H](CC=C4C=CC=C[C@@H]43)[C@@H]1CCC2=O. The Labute approximate surface area is 115 Å². The van der Waals surface area contributed by atoms with Gasteiger partial charge in [-0.05, 0) is 49.0 Å². The van der Waals surface area contributed by atoms with E-state index in [2.05, 4.69) is 37.3 Å². The molecule has 0 saturated heterocycles. The summed E-state index contributed by atoms with van der Waals surface area (Å²) in [6, 6.07) is 0. The van der Waals surface area contributed by atoms with E-state index in [4.69, 9.17) is 0 Å². The maximum Gasteiger partial charge on any atom is 0.139 e. The summed E-state index contributed by atoms with van der Waals surface area (Å²) in [6.07, 6.45) is 17.0. The molecule has 0 amide bonds. The smallest absolute Gasteiger partial charge is 0.139 e. The molecule has 0 aliphatic heterocycles. The minimum atomic E-state index is 0.0146. The van der Waals surface area contributed by atoms with Crippen LogP contribution in [0.5, 0.6) is 0 Å². The number of rotatable bonds is 0. The van der Waals surface area contributed by atoms with Gasteiger partial charge in [0, 0.05) is 17.8 Å². The zero-order chi connectivity index (χ0) is 13.0. The Morgan fingerprint density at radius 3 is 3.00 bits per heavy atom. The third kappa shape index (κ3) is 1.50. The molecular weight excluding hydrogens is 232 g/mol. The van der Waals surface area contributed by atoms with Gasteiger partial charge >= 0.3 is 0 Å². The van der Waals surface area contributed by atoms with Gasteiger partial charge in [-0.2, -0.15) is 0 Å². The Hall–Kier alpha value is -1.11. The maximum atomic E-state index is 12.2. The Balaban J connectivity index is 1.70. The Morgan fingerprint density at radius 1 is 1.21 bits per heavy atom. The fourth-order valence-corrected chi connectivity index (χ4v) is 5.31. The topological polar surface area (TPSA) is 17.1 Å². The van der Waals surface area contributed by atoms with Gasteiger partial charge < -0.3 is 0 Å². The molecule has 0 aromatic carbocycles. The van der Waals surface area contributed by atoms with E-state index in [1.165, 1.54) is 18.4 Å². The van der Waals surface area contributed by atoms with Crippen molar-refractivity contribution in [3.8, 4) is 0 Å². The molecule has 2 fully saturated rings. The van der Waals surface area contributed by atoms with Crippen LogP contribution in [0.3, 0.4) is 0 Å². The lowest BCUT2D eigenvalue weighted by molar-refractivity contribution is -0.130. The van der Waals surface area contributed by atoms with Crippen LogP contribution in [0.1, 0.15) is 39.0 Å². The van der Waals surface area contributed by atoms with Crippen LogP contribution in [-0.2, 0) is 4.79 Å². The molecule has 1 nitrogen and oxygen atoms in total. The lowest BCUT2D eigenvalue weighted by atomic mass is 9.54. The van der Waals surface area contributed by atoms with Crippen LogP contribution >= 0.6 is 0 Å². The summed E-state index contributed by atoms with van der Waals surface area (Å²) in [4.78, 5) is 12.2. The third-order valence-electron chi connectivity index (χ3n) is 6.39. The van der Waals surface area contributed by atoms with Gasteiger partial charge in [0.05, 0.1) is 0 Å². The lowest BCUT2D eigenvalue weighted by Gasteiger charge is -2.49. The molecule has 4 rings (SSSR count). The minimum Gasteiger partial charge on any atom is -0.299 e. The summed E-state index contributed by atoms with van der Waals surface area (Å²) in [5.41, 5.74) is 1.54. The molecule has 0 aromatic rings. The van der Waals surface area contributed by atoms with Gasteiger partial charge in [0.2, 0.25) is 0 Å². The lowest BCUT2D eigenvalue weighted by Crippen LogP contribution is -2.45. The predicted octanol–water partition coefficient (Wildman–Crippen LogP) is 4.07. The zero-order valence-corrected chi connectivity index (χ0v) is 11.6. The van der Waals surface area contributed by atoms with E-state index in [1.54, 1.807) is 0 Å². The molecule has 0 radical (unpaired) electrons. The fraction of sp³-hybridized carbons (Fsp3) is 0.611. The van der Waals surface area contributed by atoms with Crippen LogP contribution < -0.4 is 0 Å². The number of Topliss-reactive ketones (excluding diaryl/α,β-unsaturated/α-hetero) is 1. The number of carbonyl (C=O) groups is 1. The van der Waals surface area contributed by atoms with Crippen LogP contribution in [0.4, 0.5) is 0 Å². The van der Waals surface area contributed by atoms with E-state index in [-0.39, 0.29) is 5.41 Å². The van der Waals surface area contributed by atoms with Crippen LogP contribution in [-0.4, -0.2) is 5.78 Å². The highest BCUT2D eigenvalue weighted by molar-refractivity contribution is 5.87. The van der Waals surface area contributed by atoms with E-state index in [1.807, 2.05) is 0 Å². The molecule has 0 unspecified atom stereocenters. The van der Waals surface area contributed by atoms with Gasteiger partial charge in [-0.1, -0.05) is 37.3 Å². The van der Waals surface area contributed by atoms with Crippen molar-refractivity contribution in [2.45, 2.75) is 39.0 Å². The monoisotopic (exact) mass is 254 g/mol. The largest absolute Gasteiger partial charge is 0.299 e. The molecule has 1 heteroatoms. The molecule has 0 spiro atoms. The molecule has 100 valence electrons. The predicted molar refractivity (Wildman–Crippen MR) is 76.5 cm³/mol. The van der Waals surface area contributed by atoms with Gasteiger partial charge in [0.1, 0.15) is 5.78 Å². The highest BCUT2D eigenvalue weighted by Gasteiger charge is 2.55. The van der Waals surface area contributed by atoms with Crippen molar-refractivity contribution in [1.82, 2.24) is 0 Å². The van der Waals surface area contributed by atoms with Gasteiger partial charge in [0.15, 0.2) is 0 Å². The molecule has 0 N–H and O–H groups in total. The number of ketones is 1. The van der Waals surface area contributed by atoms with Crippen molar-refractivity contribution < 1.29 is 4.79 Å². The van der Waals surface area contributed by atoms with Crippen LogP contribution in [0.15, 0.2) is 36.0 Å². The average molecular weight is 254 g/mol. The first-order valence-corrected chi connectivity index (χ1v) is 7.78. The first-order valence-electron chi connectivity index (χ1n) is 7.78. The fourth-order valence-electron chi connectivity index (χ4n) is 5.31. The van der Waals surface area contributed by atoms with E-state index in [0.29, 0.717) is 17.6 Å². The van der Waals surface area contributed by atoms with Crippen molar-refractivity contribution >= 4 is 5.78 Å². The number of hydrogen-bond donors (Lipinski definition) is 0. The Morgan fingerprint density at radius 2 is 2.11 bits per heavy atom. The number of allylic oxidation sites excluding steroid dienone is 6. The first-order chi connectivity index (χ1) is 9.20. The molecule has 19 heavy (non-hydrogen) atoms. The second-order valence-electron chi connectivity index (χ2n) is 7.06. The molecule has 0 aromatic heterocycles. The second kappa shape index (κ2) is 3.94. The second-order valence-corrected chi connectivity index (χ2v) is 7.06. The highest BCUT2D eigenvalue weighted by atomic mass is 16.1. The van der Waals surface area contributed by atoms with E-state index < -0.39 is 0 Å². The molecular formula is C18H22O. The molecule has 5 atom stereocenters. The number of carbonyl (C=O) groups excluding carboxylic acids is 1. The summed E-state index contributed by atoms with van der Waals surface area (Å²) in [5.74, 6) is 3.35. The van der Waals surface area contributed by atoms with Crippen molar-refractivity contribution in [2.24, 2.45) is 29.1 Å². The molecule has 0 heterocycles. The molecule has 2 saturated carbocycles. The standard InChI is InChI=1S/C18H22O/c1-18-11-10-14-13-5-3-2-4-12(13)6-7-15(14)16(18)8-9-17(18)19/h2-6,13-16H,7-11H2,1H3/t13-,14+,15+,16-,18-/m0/s1. The average Bonchev–Trinajstić information content (AvgIpc) is 2.75. The van der Waals surface area contributed by atoms with E-state index in [9.17, 15) is 4.79 Å². The van der Waals surface area contributed by atoms with Gasteiger partial charge in [-0.15, -0.1) is 0 Å². The number of fused-ring (bicyclic) bond motifs is 5. The number of hydrogen-bond acceptors (Lipinski definition) is 1. The molecule has 0 bridgehead atoms. The summed E-state index contributed by atoms with van der Waals surface area (Å²) in [7, 11) is 0. The van der Waals surface area contributed by atoms with Crippen LogP contribution in [0.25, 0.3) is 0 Å². The summed E-state index contributed by atoms with van der Waals surface area (Å²) in [5, 5.41) is 0. The van der Waals surface area contributed by atoms with Crippen molar-refractivity contribution in [3.63, 3.8) is 0 Å². The molecule has 4 aliphatic carbocycles. The first kappa shape index (κ1) is 11.7. The maximum absolute atomic E-state index is 12.2. The summed E-state index contributed by atoms with van der Waals surface area (Å²) >= 11 is 0. The minimum absolute atomic E-state index is 0.0146. The van der Waals surface area contributed by atoms with Crippen molar-refractivity contribution in [3.05, 3.63) is 36.0 Å². The Kier molecular flexibility index (Phi) is 2.43. The van der Waals surface area contributed by atoms with Crippen molar-refractivity contribution in [1.29, 1.82) is 0 Å². The molecule has 4 aliphatic rings. The van der Waals surface area contributed by atoms with Crippen LogP contribution in [0.2, 0.25) is 0 Å². The summed E-state index contributed by atoms with van der Waals surface area (Å²) in [6.45, 7) is 2.25. The van der Waals surface area contributed by atoms with E-state index in [0.717, 1.165) is 31.1 Å². The Bertz CT molecular complexity index is 510.